The van der Waals surface area contributed by atoms with Crippen LogP contribution in [-0.4, -0.2) is 24.8 Å². The molecule has 3 heteroatoms. The highest BCUT2D eigenvalue weighted by molar-refractivity contribution is 6.30. The monoisotopic (exact) mass is 279 g/mol. The fraction of sp³-hybridized carbons (Fsp3) is 0.625. The van der Waals surface area contributed by atoms with Crippen molar-refractivity contribution >= 4 is 11.6 Å². The molecule has 2 saturated heterocycles. The van der Waals surface area contributed by atoms with Gasteiger partial charge in [0.25, 0.3) is 0 Å². The van der Waals surface area contributed by atoms with Crippen LogP contribution in [0.2, 0.25) is 5.02 Å². The second-order valence-corrected chi connectivity index (χ2v) is 6.20. The third kappa shape index (κ3) is 2.96. The van der Waals surface area contributed by atoms with Gasteiger partial charge in [-0.3, -0.25) is 0 Å². The molecule has 0 amide bonds. The summed E-state index contributed by atoms with van der Waals surface area (Å²) in [5.41, 5.74) is 1.36. The van der Waals surface area contributed by atoms with E-state index in [9.17, 15) is 0 Å². The lowest BCUT2D eigenvalue weighted by Crippen LogP contribution is -2.42. The van der Waals surface area contributed by atoms with Gasteiger partial charge in [-0.05, 0) is 49.9 Å². The number of hydrogen-bond acceptors (Lipinski definition) is 2. The van der Waals surface area contributed by atoms with E-state index in [4.69, 9.17) is 16.3 Å². The van der Waals surface area contributed by atoms with Crippen LogP contribution >= 0.6 is 11.6 Å². The quantitative estimate of drug-likeness (QED) is 0.892. The summed E-state index contributed by atoms with van der Waals surface area (Å²) in [6.07, 6.45) is 5.83. The zero-order valence-corrected chi connectivity index (χ0v) is 12.2. The van der Waals surface area contributed by atoms with Crippen molar-refractivity contribution < 1.29 is 4.74 Å². The number of rotatable bonds is 5. The summed E-state index contributed by atoms with van der Waals surface area (Å²) in [5, 5.41) is 4.47. The average Bonchev–Trinajstić information content (AvgIpc) is 3.03. The number of halogens is 1. The molecule has 1 aromatic carbocycles. The first-order chi connectivity index (χ1) is 9.26. The van der Waals surface area contributed by atoms with E-state index < -0.39 is 0 Å². The number of nitrogens with one attached hydrogen (secondary N) is 1. The van der Waals surface area contributed by atoms with Gasteiger partial charge in [0, 0.05) is 17.0 Å². The molecule has 2 bridgehead atoms. The SMILES string of the molecule is CCNC(Cc1ccc(Cl)cc1)C1CC2CCC1O2. The Morgan fingerprint density at radius 1 is 1.32 bits per heavy atom. The van der Waals surface area contributed by atoms with E-state index in [1.165, 1.54) is 24.8 Å². The van der Waals surface area contributed by atoms with Crippen LogP contribution in [0.5, 0.6) is 0 Å². The minimum absolute atomic E-state index is 0.487. The Labute approximate surface area is 120 Å². The Hall–Kier alpha value is -0.570. The fourth-order valence-corrected chi connectivity index (χ4v) is 3.74. The number of ether oxygens (including phenoxy) is 1. The van der Waals surface area contributed by atoms with E-state index in [1.54, 1.807) is 0 Å². The summed E-state index contributed by atoms with van der Waals surface area (Å²) in [6.45, 7) is 3.20. The molecule has 104 valence electrons. The molecule has 4 unspecified atom stereocenters. The second kappa shape index (κ2) is 5.82. The molecule has 2 heterocycles. The molecule has 0 aromatic heterocycles. The Bertz CT molecular complexity index is 419. The highest BCUT2D eigenvalue weighted by atomic mass is 35.5. The average molecular weight is 280 g/mol. The topological polar surface area (TPSA) is 21.3 Å². The van der Waals surface area contributed by atoms with Crippen LogP contribution in [0, 0.1) is 5.92 Å². The largest absolute Gasteiger partial charge is 0.375 e. The van der Waals surface area contributed by atoms with Gasteiger partial charge in [-0.15, -0.1) is 0 Å². The fourth-order valence-electron chi connectivity index (χ4n) is 3.61. The van der Waals surface area contributed by atoms with E-state index in [1.807, 2.05) is 12.1 Å². The molecule has 19 heavy (non-hydrogen) atoms. The molecule has 2 fully saturated rings. The molecular formula is C16H22ClNO. The van der Waals surface area contributed by atoms with E-state index >= 15 is 0 Å². The minimum Gasteiger partial charge on any atom is -0.375 e. The molecule has 2 aliphatic rings. The van der Waals surface area contributed by atoms with E-state index in [2.05, 4.69) is 24.4 Å². The molecule has 1 aromatic rings. The van der Waals surface area contributed by atoms with E-state index in [-0.39, 0.29) is 0 Å². The smallest absolute Gasteiger partial charge is 0.0623 e. The lowest BCUT2D eigenvalue weighted by molar-refractivity contribution is 0.0858. The van der Waals surface area contributed by atoms with Crippen molar-refractivity contribution in [2.24, 2.45) is 5.92 Å². The summed E-state index contributed by atoms with van der Waals surface area (Å²) in [7, 11) is 0. The maximum absolute atomic E-state index is 6.01. The Kier molecular flexibility index (Phi) is 4.11. The van der Waals surface area contributed by atoms with Crippen LogP contribution in [-0.2, 0) is 11.2 Å². The lowest BCUT2D eigenvalue weighted by Gasteiger charge is -2.29. The first-order valence-electron chi connectivity index (χ1n) is 7.39. The van der Waals surface area contributed by atoms with E-state index in [0.29, 0.717) is 24.2 Å². The zero-order chi connectivity index (χ0) is 13.2. The summed E-state index contributed by atoms with van der Waals surface area (Å²) in [4.78, 5) is 0. The lowest BCUT2D eigenvalue weighted by atomic mass is 9.81. The third-order valence-corrected chi connectivity index (χ3v) is 4.76. The van der Waals surface area contributed by atoms with Crippen LogP contribution < -0.4 is 5.32 Å². The maximum atomic E-state index is 6.01. The standard InChI is InChI=1S/C16H22ClNO/c1-2-18-15(9-11-3-5-12(17)6-4-11)14-10-13-7-8-16(14)19-13/h3-6,13-16,18H,2,7-10H2,1H3. The van der Waals surface area contributed by atoms with Gasteiger partial charge in [-0.1, -0.05) is 30.7 Å². The predicted octanol–water partition coefficient (Wildman–Crippen LogP) is 3.43. The number of hydrogen-bond donors (Lipinski definition) is 1. The summed E-state index contributed by atoms with van der Waals surface area (Å²) < 4.78 is 6.01. The minimum atomic E-state index is 0.487. The van der Waals surface area contributed by atoms with E-state index in [0.717, 1.165) is 18.0 Å². The molecule has 1 N–H and O–H groups in total. The Morgan fingerprint density at radius 2 is 2.11 bits per heavy atom. The van der Waals surface area contributed by atoms with Crippen molar-refractivity contribution in [3.8, 4) is 0 Å². The van der Waals surface area contributed by atoms with Crippen LogP contribution in [0.1, 0.15) is 31.7 Å². The molecule has 0 spiro atoms. The van der Waals surface area contributed by atoms with Crippen LogP contribution in [0.4, 0.5) is 0 Å². The molecular weight excluding hydrogens is 258 g/mol. The third-order valence-electron chi connectivity index (χ3n) is 4.51. The normalized spacial score (nSPS) is 30.7. The molecule has 3 rings (SSSR count). The van der Waals surface area contributed by atoms with Crippen molar-refractivity contribution in [3.63, 3.8) is 0 Å². The van der Waals surface area contributed by atoms with Gasteiger partial charge >= 0.3 is 0 Å². The van der Waals surface area contributed by atoms with Gasteiger partial charge in [-0.2, -0.15) is 0 Å². The summed E-state index contributed by atoms with van der Waals surface area (Å²) >= 11 is 5.95. The summed E-state index contributed by atoms with van der Waals surface area (Å²) in [5.74, 6) is 0.675. The highest BCUT2D eigenvalue weighted by Crippen LogP contribution is 2.41. The predicted molar refractivity (Wildman–Crippen MR) is 78.6 cm³/mol. The Balaban J connectivity index is 1.68. The number of likely N-dealkylation sites (N-methyl/N-ethyl adjacent to an activating group) is 1. The molecule has 0 radical (unpaired) electrons. The van der Waals surface area contributed by atoms with Crippen molar-refractivity contribution in [2.75, 3.05) is 6.54 Å². The van der Waals surface area contributed by atoms with Crippen molar-refractivity contribution in [3.05, 3.63) is 34.9 Å². The Morgan fingerprint density at radius 3 is 2.68 bits per heavy atom. The molecule has 2 aliphatic heterocycles. The summed E-state index contributed by atoms with van der Waals surface area (Å²) in [6, 6.07) is 8.78. The molecule has 0 aliphatic carbocycles. The highest BCUT2D eigenvalue weighted by Gasteiger charge is 2.43. The molecule has 4 atom stereocenters. The maximum Gasteiger partial charge on any atom is 0.0623 e. The zero-order valence-electron chi connectivity index (χ0n) is 11.4. The van der Waals surface area contributed by atoms with Gasteiger partial charge in [-0.25, -0.2) is 0 Å². The van der Waals surface area contributed by atoms with Gasteiger partial charge < -0.3 is 10.1 Å². The van der Waals surface area contributed by atoms with Gasteiger partial charge in [0.2, 0.25) is 0 Å². The van der Waals surface area contributed by atoms with Crippen LogP contribution in [0.3, 0.4) is 0 Å². The molecule has 0 saturated carbocycles. The van der Waals surface area contributed by atoms with Crippen LogP contribution in [0.15, 0.2) is 24.3 Å². The first kappa shape index (κ1) is 13.4. The van der Waals surface area contributed by atoms with Crippen molar-refractivity contribution in [1.29, 1.82) is 0 Å². The van der Waals surface area contributed by atoms with Gasteiger partial charge in [0.1, 0.15) is 0 Å². The van der Waals surface area contributed by atoms with Gasteiger partial charge in [0.15, 0.2) is 0 Å². The first-order valence-corrected chi connectivity index (χ1v) is 7.77. The van der Waals surface area contributed by atoms with Crippen molar-refractivity contribution in [1.82, 2.24) is 5.32 Å². The van der Waals surface area contributed by atoms with Crippen LogP contribution in [0.25, 0.3) is 0 Å². The molecule has 2 nitrogen and oxygen atoms in total. The van der Waals surface area contributed by atoms with Gasteiger partial charge in [0.05, 0.1) is 12.2 Å². The number of fused-ring (bicyclic) bond motifs is 2. The second-order valence-electron chi connectivity index (χ2n) is 5.77. The van der Waals surface area contributed by atoms with Crippen molar-refractivity contribution in [2.45, 2.75) is 50.9 Å². The number of benzene rings is 1.